The molecule has 1 aliphatic rings. The molecule has 0 unspecified atom stereocenters. The Morgan fingerprint density at radius 2 is 1.79 bits per heavy atom. The van der Waals surface area contributed by atoms with E-state index in [-0.39, 0.29) is 11.3 Å². The first kappa shape index (κ1) is 21.6. The Bertz CT molecular complexity index is 1390. The lowest BCUT2D eigenvalue weighted by Gasteiger charge is -2.12. The van der Waals surface area contributed by atoms with E-state index >= 15 is 0 Å². The van der Waals surface area contributed by atoms with Crippen molar-refractivity contribution in [2.45, 2.75) is 32.2 Å². The first-order valence-electron chi connectivity index (χ1n) is 11.2. The number of fused-ring (bicyclic) bond motifs is 3. The number of aliphatic imine (C=N–C) groups is 1. The molecule has 7 nitrogen and oxygen atoms in total. The summed E-state index contributed by atoms with van der Waals surface area (Å²) in [5.41, 5.74) is 3.82. The third-order valence-corrected chi connectivity index (χ3v) is 5.97. The number of non-ortho nitro benzene ring substituents is 1. The lowest BCUT2D eigenvalue weighted by atomic mass is 9.94. The molecule has 1 aliphatic carbocycles. The zero-order valence-corrected chi connectivity index (χ0v) is 18.4. The van der Waals surface area contributed by atoms with Crippen molar-refractivity contribution in [1.29, 1.82) is 0 Å². The molecule has 0 amide bonds. The van der Waals surface area contributed by atoms with E-state index in [1.165, 1.54) is 24.3 Å². The van der Waals surface area contributed by atoms with E-state index in [4.69, 9.17) is 9.15 Å². The lowest BCUT2D eigenvalue weighted by molar-refractivity contribution is -0.384. The number of nitrogens with zero attached hydrogens (tertiary/aromatic N) is 2. The summed E-state index contributed by atoms with van der Waals surface area (Å²) < 4.78 is 11.9. The lowest BCUT2D eigenvalue weighted by Crippen LogP contribution is -2.10. The molecule has 1 aromatic heterocycles. The number of carbonyl (C=O) groups excluding carboxylic acids is 1. The minimum absolute atomic E-state index is 0.0864. The zero-order valence-electron chi connectivity index (χ0n) is 18.4. The van der Waals surface area contributed by atoms with Gasteiger partial charge in [0.2, 0.25) is 0 Å². The zero-order chi connectivity index (χ0) is 23.5. The largest absolute Gasteiger partial charge is 0.461 e. The van der Waals surface area contributed by atoms with Crippen LogP contribution in [0.3, 0.4) is 0 Å². The van der Waals surface area contributed by atoms with Crippen LogP contribution >= 0.6 is 0 Å². The highest BCUT2D eigenvalue weighted by Gasteiger charge is 2.23. The second-order valence-corrected chi connectivity index (χ2v) is 8.21. The molecule has 7 heteroatoms. The van der Waals surface area contributed by atoms with E-state index in [0.29, 0.717) is 17.9 Å². The minimum atomic E-state index is -0.593. The molecular formula is C27H22N2O5. The van der Waals surface area contributed by atoms with Crippen molar-refractivity contribution in [2.75, 3.05) is 0 Å². The van der Waals surface area contributed by atoms with Crippen LogP contribution in [-0.4, -0.2) is 17.1 Å². The molecule has 5 rings (SSSR count). The summed E-state index contributed by atoms with van der Waals surface area (Å²) in [5, 5.41) is 11.8. The summed E-state index contributed by atoms with van der Waals surface area (Å²) >= 11 is 0. The third-order valence-electron chi connectivity index (χ3n) is 5.97. The van der Waals surface area contributed by atoms with Gasteiger partial charge in [-0.1, -0.05) is 30.3 Å². The number of hydrogen-bond acceptors (Lipinski definition) is 6. The highest BCUT2D eigenvalue weighted by molar-refractivity contribution is 6.04. The van der Waals surface area contributed by atoms with Crippen LogP contribution in [0.5, 0.6) is 5.75 Å². The van der Waals surface area contributed by atoms with Gasteiger partial charge in [0.25, 0.3) is 5.69 Å². The third kappa shape index (κ3) is 4.32. The Labute approximate surface area is 195 Å². The van der Waals surface area contributed by atoms with Gasteiger partial charge in [0.15, 0.2) is 0 Å². The molecule has 0 spiro atoms. The van der Waals surface area contributed by atoms with Crippen LogP contribution in [0.2, 0.25) is 0 Å². The van der Waals surface area contributed by atoms with Crippen molar-refractivity contribution in [2.24, 2.45) is 4.99 Å². The minimum Gasteiger partial charge on any atom is -0.461 e. The molecule has 0 fully saturated rings. The van der Waals surface area contributed by atoms with Crippen LogP contribution in [-0.2, 0) is 19.4 Å². The predicted octanol–water partition coefficient (Wildman–Crippen LogP) is 6.06. The fourth-order valence-electron chi connectivity index (χ4n) is 4.29. The first-order chi connectivity index (χ1) is 16.6. The number of furan rings is 1. The Morgan fingerprint density at radius 3 is 2.56 bits per heavy atom. The van der Waals surface area contributed by atoms with Crippen molar-refractivity contribution in [3.8, 4) is 5.75 Å². The van der Waals surface area contributed by atoms with Gasteiger partial charge in [-0.05, 0) is 49.1 Å². The van der Waals surface area contributed by atoms with Crippen molar-refractivity contribution < 1.29 is 18.9 Å². The molecule has 0 atom stereocenters. The maximum Gasteiger partial charge on any atom is 0.343 e. The molecule has 170 valence electrons. The summed E-state index contributed by atoms with van der Waals surface area (Å²) in [6.07, 6.45) is 5.71. The molecule has 3 aromatic carbocycles. The van der Waals surface area contributed by atoms with Gasteiger partial charge < -0.3 is 9.15 Å². The molecule has 0 radical (unpaired) electrons. The van der Waals surface area contributed by atoms with Gasteiger partial charge in [-0.2, -0.15) is 0 Å². The van der Waals surface area contributed by atoms with Crippen LogP contribution < -0.4 is 4.74 Å². The van der Waals surface area contributed by atoms with E-state index < -0.39 is 10.9 Å². The SMILES string of the molecule is O=C(Oc1ccc2oc3c(c2c1C=NCc1ccccc1)CCCC3)c1ccc([N+](=O)[O-])cc1. The topological polar surface area (TPSA) is 94.9 Å². The average Bonchev–Trinajstić information content (AvgIpc) is 3.25. The van der Waals surface area contributed by atoms with Crippen LogP contribution in [0.1, 0.15) is 45.7 Å². The highest BCUT2D eigenvalue weighted by Crippen LogP contribution is 2.37. The van der Waals surface area contributed by atoms with E-state index in [9.17, 15) is 14.9 Å². The fourth-order valence-corrected chi connectivity index (χ4v) is 4.29. The second kappa shape index (κ2) is 9.31. The van der Waals surface area contributed by atoms with E-state index in [1.54, 1.807) is 12.3 Å². The molecular weight excluding hydrogens is 432 g/mol. The number of ether oxygens (including phenoxy) is 1. The van der Waals surface area contributed by atoms with E-state index in [2.05, 4.69) is 4.99 Å². The standard InChI is InChI=1S/C27H22N2O5/c30-27(19-10-12-20(13-11-19)29(31)32)34-24-14-15-25-26(21-8-4-5-9-23(21)33-25)22(24)17-28-16-18-6-2-1-3-7-18/h1-3,6-7,10-15,17H,4-5,8-9,16H2. The van der Waals surface area contributed by atoms with Gasteiger partial charge in [0.1, 0.15) is 17.1 Å². The average molecular weight is 454 g/mol. The van der Waals surface area contributed by atoms with Gasteiger partial charge in [-0.25, -0.2) is 4.79 Å². The first-order valence-corrected chi connectivity index (χ1v) is 11.2. The second-order valence-electron chi connectivity index (χ2n) is 8.21. The predicted molar refractivity (Wildman–Crippen MR) is 129 cm³/mol. The number of carbonyl (C=O) groups is 1. The number of aryl methyl sites for hydroxylation is 2. The van der Waals surface area contributed by atoms with Gasteiger partial charge in [-0.3, -0.25) is 15.1 Å². The van der Waals surface area contributed by atoms with Crippen molar-refractivity contribution in [1.82, 2.24) is 0 Å². The molecule has 0 N–H and O–H groups in total. The van der Waals surface area contributed by atoms with E-state index in [1.807, 2.05) is 36.4 Å². The molecule has 0 aliphatic heterocycles. The number of benzene rings is 3. The number of esters is 1. The summed E-state index contributed by atoms with van der Waals surface area (Å²) in [4.78, 5) is 27.9. The van der Waals surface area contributed by atoms with Crippen molar-refractivity contribution >= 4 is 28.8 Å². The smallest absolute Gasteiger partial charge is 0.343 e. The van der Waals surface area contributed by atoms with Crippen LogP contribution in [0.15, 0.2) is 76.1 Å². The fraction of sp³-hybridized carbons (Fsp3) is 0.185. The number of hydrogen-bond donors (Lipinski definition) is 0. The number of nitro benzene ring substituents is 1. The monoisotopic (exact) mass is 454 g/mol. The highest BCUT2D eigenvalue weighted by atomic mass is 16.6. The van der Waals surface area contributed by atoms with Crippen molar-refractivity contribution in [3.05, 3.63) is 105 Å². The van der Waals surface area contributed by atoms with Crippen LogP contribution in [0, 0.1) is 10.1 Å². The normalized spacial score (nSPS) is 13.2. The van der Waals surface area contributed by atoms with Gasteiger partial charge in [0, 0.05) is 41.3 Å². The summed E-state index contributed by atoms with van der Waals surface area (Å²) in [6, 6.07) is 18.8. The van der Waals surface area contributed by atoms with Gasteiger partial charge in [-0.15, -0.1) is 0 Å². The quantitative estimate of drug-likeness (QED) is 0.116. The Hall–Kier alpha value is -4.26. The summed E-state index contributed by atoms with van der Waals surface area (Å²) in [6.45, 7) is 0.493. The Balaban J connectivity index is 1.51. The summed E-state index contributed by atoms with van der Waals surface area (Å²) in [5.74, 6) is 0.768. The Kier molecular flexibility index (Phi) is 5.91. The molecule has 34 heavy (non-hydrogen) atoms. The molecule has 0 saturated carbocycles. The summed E-state index contributed by atoms with van der Waals surface area (Å²) in [7, 11) is 0. The molecule has 4 aromatic rings. The van der Waals surface area contributed by atoms with Crippen LogP contribution in [0.4, 0.5) is 5.69 Å². The molecule has 1 heterocycles. The van der Waals surface area contributed by atoms with Crippen molar-refractivity contribution in [3.63, 3.8) is 0 Å². The van der Waals surface area contributed by atoms with E-state index in [0.717, 1.165) is 53.5 Å². The van der Waals surface area contributed by atoms with Gasteiger partial charge in [0.05, 0.1) is 17.0 Å². The Morgan fingerprint density at radius 1 is 1.03 bits per heavy atom. The van der Waals surface area contributed by atoms with Crippen LogP contribution in [0.25, 0.3) is 11.0 Å². The molecule has 0 saturated heterocycles. The number of rotatable bonds is 6. The maximum atomic E-state index is 12.8. The number of nitro groups is 1. The maximum absolute atomic E-state index is 12.8. The molecule has 0 bridgehead atoms. The van der Waals surface area contributed by atoms with Gasteiger partial charge >= 0.3 is 5.97 Å².